The number of nitrogens with one attached hydrogen (secondary N) is 1. The van der Waals surface area contributed by atoms with E-state index >= 15 is 0 Å². The SMILES string of the molecule is CN=C(NCC1CCC(C)CC1)N(C)CC1CCOC1. The Morgan fingerprint density at radius 3 is 2.55 bits per heavy atom. The second-order valence-corrected chi connectivity index (χ2v) is 6.66. The lowest BCUT2D eigenvalue weighted by molar-refractivity contribution is 0.181. The summed E-state index contributed by atoms with van der Waals surface area (Å²) < 4.78 is 5.45. The van der Waals surface area contributed by atoms with E-state index < -0.39 is 0 Å². The van der Waals surface area contributed by atoms with Crippen LogP contribution in [0.15, 0.2) is 4.99 Å². The van der Waals surface area contributed by atoms with Gasteiger partial charge in [0.05, 0.1) is 6.61 Å². The smallest absolute Gasteiger partial charge is 0.193 e. The fourth-order valence-corrected chi connectivity index (χ4v) is 3.35. The van der Waals surface area contributed by atoms with Crippen LogP contribution in [0.2, 0.25) is 0 Å². The third-order valence-corrected chi connectivity index (χ3v) is 4.81. The molecule has 2 fully saturated rings. The Kier molecular flexibility index (Phi) is 6.14. The van der Waals surface area contributed by atoms with Crippen molar-refractivity contribution in [2.24, 2.45) is 22.7 Å². The molecule has 116 valence electrons. The highest BCUT2D eigenvalue weighted by Gasteiger charge is 2.21. The molecule has 1 saturated heterocycles. The fourth-order valence-electron chi connectivity index (χ4n) is 3.35. The van der Waals surface area contributed by atoms with Gasteiger partial charge in [-0.1, -0.05) is 19.8 Å². The zero-order chi connectivity index (χ0) is 14.4. The van der Waals surface area contributed by atoms with Crippen LogP contribution < -0.4 is 5.32 Å². The van der Waals surface area contributed by atoms with E-state index in [1.165, 1.54) is 32.1 Å². The minimum Gasteiger partial charge on any atom is -0.381 e. The number of ether oxygens (including phenoxy) is 1. The summed E-state index contributed by atoms with van der Waals surface area (Å²) in [5.41, 5.74) is 0. The maximum atomic E-state index is 5.45. The van der Waals surface area contributed by atoms with Gasteiger partial charge in [0, 0.05) is 39.7 Å². The van der Waals surface area contributed by atoms with Gasteiger partial charge in [-0.3, -0.25) is 4.99 Å². The first-order valence-corrected chi connectivity index (χ1v) is 8.18. The van der Waals surface area contributed by atoms with Crippen LogP contribution in [0.4, 0.5) is 0 Å². The number of hydrogen-bond acceptors (Lipinski definition) is 2. The molecule has 0 radical (unpaired) electrons. The Hall–Kier alpha value is -0.770. The highest BCUT2D eigenvalue weighted by Crippen LogP contribution is 2.27. The molecule has 1 N–H and O–H groups in total. The molecule has 2 aliphatic rings. The molecule has 1 atom stereocenters. The van der Waals surface area contributed by atoms with Crippen molar-refractivity contribution in [3.8, 4) is 0 Å². The van der Waals surface area contributed by atoms with Crippen molar-refractivity contribution < 1.29 is 4.74 Å². The Balaban J connectivity index is 1.71. The van der Waals surface area contributed by atoms with E-state index in [1.54, 1.807) is 0 Å². The minimum absolute atomic E-state index is 0.661. The topological polar surface area (TPSA) is 36.9 Å². The van der Waals surface area contributed by atoms with Gasteiger partial charge in [0.1, 0.15) is 0 Å². The molecule has 0 amide bonds. The zero-order valence-corrected chi connectivity index (χ0v) is 13.4. The summed E-state index contributed by atoms with van der Waals surface area (Å²) in [6.45, 7) is 6.32. The monoisotopic (exact) mass is 281 g/mol. The summed E-state index contributed by atoms with van der Waals surface area (Å²) >= 11 is 0. The Morgan fingerprint density at radius 1 is 1.20 bits per heavy atom. The van der Waals surface area contributed by atoms with E-state index in [4.69, 9.17) is 4.74 Å². The molecule has 4 nitrogen and oxygen atoms in total. The van der Waals surface area contributed by atoms with Gasteiger partial charge in [-0.15, -0.1) is 0 Å². The molecule has 1 saturated carbocycles. The average molecular weight is 281 g/mol. The summed E-state index contributed by atoms with van der Waals surface area (Å²) in [6.07, 6.45) is 6.69. The normalized spacial score (nSPS) is 31.4. The zero-order valence-electron chi connectivity index (χ0n) is 13.4. The summed E-state index contributed by atoms with van der Waals surface area (Å²) in [4.78, 5) is 6.67. The molecule has 2 rings (SSSR count). The number of nitrogens with zero attached hydrogens (tertiary/aromatic N) is 2. The van der Waals surface area contributed by atoms with Crippen LogP contribution in [0, 0.1) is 17.8 Å². The molecule has 1 unspecified atom stereocenters. The third kappa shape index (κ3) is 4.65. The average Bonchev–Trinajstić information content (AvgIpc) is 2.94. The van der Waals surface area contributed by atoms with Gasteiger partial charge in [0.2, 0.25) is 0 Å². The van der Waals surface area contributed by atoms with Gasteiger partial charge in [-0.2, -0.15) is 0 Å². The van der Waals surface area contributed by atoms with Crippen molar-refractivity contribution in [2.75, 3.05) is 40.4 Å². The van der Waals surface area contributed by atoms with Gasteiger partial charge in [-0.25, -0.2) is 0 Å². The molecule has 0 aromatic rings. The minimum atomic E-state index is 0.661. The van der Waals surface area contributed by atoms with Crippen LogP contribution in [-0.4, -0.2) is 51.3 Å². The van der Waals surface area contributed by atoms with Crippen molar-refractivity contribution in [2.45, 2.75) is 39.0 Å². The van der Waals surface area contributed by atoms with Crippen molar-refractivity contribution >= 4 is 5.96 Å². The second kappa shape index (κ2) is 7.87. The third-order valence-electron chi connectivity index (χ3n) is 4.81. The Bertz CT molecular complexity index is 305. The van der Waals surface area contributed by atoms with Crippen molar-refractivity contribution in [1.29, 1.82) is 0 Å². The van der Waals surface area contributed by atoms with Crippen LogP contribution >= 0.6 is 0 Å². The van der Waals surface area contributed by atoms with Gasteiger partial charge in [-0.05, 0) is 31.1 Å². The van der Waals surface area contributed by atoms with Crippen LogP contribution in [-0.2, 0) is 4.74 Å². The van der Waals surface area contributed by atoms with E-state index in [1.807, 2.05) is 7.05 Å². The predicted octanol–water partition coefficient (Wildman–Crippen LogP) is 2.36. The summed E-state index contributed by atoms with van der Waals surface area (Å²) in [7, 11) is 4.02. The molecule has 20 heavy (non-hydrogen) atoms. The molecule has 0 aromatic carbocycles. The van der Waals surface area contributed by atoms with Crippen LogP contribution in [0.1, 0.15) is 39.0 Å². The van der Waals surface area contributed by atoms with E-state index in [9.17, 15) is 0 Å². The van der Waals surface area contributed by atoms with E-state index in [-0.39, 0.29) is 0 Å². The van der Waals surface area contributed by atoms with Crippen molar-refractivity contribution in [3.63, 3.8) is 0 Å². The lowest BCUT2D eigenvalue weighted by Gasteiger charge is -2.29. The molecule has 1 heterocycles. The standard InChI is InChI=1S/C16H31N3O/c1-13-4-6-14(7-5-13)10-18-16(17-2)19(3)11-15-8-9-20-12-15/h13-15H,4-12H2,1-3H3,(H,17,18). The molecule has 4 heteroatoms. The van der Waals surface area contributed by atoms with Gasteiger partial charge in [0.15, 0.2) is 5.96 Å². The highest BCUT2D eigenvalue weighted by atomic mass is 16.5. The number of guanidine groups is 1. The van der Waals surface area contributed by atoms with Crippen molar-refractivity contribution in [1.82, 2.24) is 10.2 Å². The molecular formula is C16H31N3O. The van der Waals surface area contributed by atoms with Gasteiger partial charge < -0.3 is 15.0 Å². The predicted molar refractivity (Wildman–Crippen MR) is 84.0 cm³/mol. The number of aliphatic imine (C=N–C) groups is 1. The van der Waals surface area contributed by atoms with Crippen LogP contribution in [0.25, 0.3) is 0 Å². The quantitative estimate of drug-likeness (QED) is 0.635. The highest BCUT2D eigenvalue weighted by molar-refractivity contribution is 5.79. The molecule has 0 bridgehead atoms. The van der Waals surface area contributed by atoms with E-state index in [0.29, 0.717) is 5.92 Å². The first-order chi connectivity index (χ1) is 9.69. The Labute approximate surface area is 124 Å². The first-order valence-electron chi connectivity index (χ1n) is 8.18. The van der Waals surface area contributed by atoms with Gasteiger partial charge >= 0.3 is 0 Å². The molecular weight excluding hydrogens is 250 g/mol. The van der Waals surface area contributed by atoms with E-state index in [0.717, 1.165) is 44.1 Å². The molecule has 0 aromatic heterocycles. The lowest BCUT2D eigenvalue weighted by Crippen LogP contribution is -2.43. The summed E-state index contributed by atoms with van der Waals surface area (Å²) in [5, 5.41) is 3.56. The first kappa shape index (κ1) is 15.6. The van der Waals surface area contributed by atoms with E-state index in [2.05, 4.69) is 29.2 Å². The van der Waals surface area contributed by atoms with Gasteiger partial charge in [0.25, 0.3) is 0 Å². The number of hydrogen-bond donors (Lipinski definition) is 1. The maximum absolute atomic E-state index is 5.45. The second-order valence-electron chi connectivity index (χ2n) is 6.66. The fraction of sp³-hybridized carbons (Fsp3) is 0.938. The Morgan fingerprint density at radius 2 is 1.95 bits per heavy atom. The number of rotatable bonds is 4. The largest absolute Gasteiger partial charge is 0.381 e. The lowest BCUT2D eigenvalue weighted by atomic mass is 9.83. The van der Waals surface area contributed by atoms with Crippen LogP contribution in [0.5, 0.6) is 0 Å². The summed E-state index contributed by atoms with van der Waals surface area (Å²) in [6, 6.07) is 0. The molecule has 1 aliphatic heterocycles. The molecule has 0 spiro atoms. The van der Waals surface area contributed by atoms with Crippen molar-refractivity contribution in [3.05, 3.63) is 0 Å². The maximum Gasteiger partial charge on any atom is 0.193 e. The molecule has 1 aliphatic carbocycles. The summed E-state index contributed by atoms with van der Waals surface area (Å²) in [5.74, 6) is 3.45. The van der Waals surface area contributed by atoms with Crippen LogP contribution in [0.3, 0.4) is 0 Å².